The quantitative estimate of drug-likeness (QED) is 0.535. The highest BCUT2D eigenvalue weighted by atomic mass is 19.4. The second-order valence-corrected chi connectivity index (χ2v) is 8.35. The average molecular weight is 463 g/mol. The fraction of sp³-hybridized carbons (Fsp3) is 0.348. The lowest BCUT2D eigenvalue weighted by atomic mass is 9.94. The predicted molar refractivity (Wildman–Crippen MR) is 115 cm³/mol. The summed E-state index contributed by atoms with van der Waals surface area (Å²) in [5.41, 5.74) is 2.37. The first-order chi connectivity index (χ1) is 15.3. The zero-order chi connectivity index (χ0) is 24.4. The van der Waals surface area contributed by atoms with Crippen molar-refractivity contribution in [1.29, 1.82) is 0 Å². The number of aliphatic hydroxyl groups excluding tert-OH is 1. The van der Waals surface area contributed by atoms with Crippen molar-refractivity contribution in [3.8, 4) is 16.9 Å². The molecule has 3 rings (SSSR count). The number of alkyl carbamates (subject to hydrolysis) is 1. The van der Waals surface area contributed by atoms with E-state index in [9.17, 15) is 23.1 Å². The van der Waals surface area contributed by atoms with E-state index >= 15 is 0 Å². The standard InChI is InChI=1S/C23H24F3N3O4/c1-13(30)18-15(12-29-21(31)33-22(2,3)4)11-17(19-20(18)28-10-9-27-19)14-5-7-16(8-6-14)32-23(24,25)26/h5-11,13,30H,12H2,1-4H3,(H,29,31). The van der Waals surface area contributed by atoms with Crippen LogP contribution in [0.4, 0.5) is 18.0 Å². The molecule has 0 aliphatic carbocycles. The van der Waals surface area contributed by atoms with E-state index in [-0.39, 0.29) is 12.3 Å². The Balaban J connectivity index is 2.05. The molecular formula is C23H24F3N3O4. The van der Waals surface area contributed by atoms with E-state index in [1.165, 1.54) is 36.7 Å². The summed E-state index contributed by atoms with van der Waals surface area (Å²) in [4.78, 5) is 20.9. The van der Waals surface area contributed by atoms with E-state index < -0.39 is 24.2 Å². The minimum absolute atomic E-state index is 0.0317. The van der Waals surface area contributed by atoms with Gasteiger partial charge in [-0.1, -0.05) is 12.1 Å². The highest BCUT2D eigenvalue weighted by Crippen LogP contribution is 2.35. The molecule has 1 atom stereocenters. The van der Waals surface area contributed by atoms with E-state index in [0.717, 1.165) is 0 Å². The second kappa shape index (κ2) is 9.22. The van der Waals surface area contributed by atoms with Crippen molar-refractivity contribution < 1.29 is 32.5 Å². The summed E-state index contributed by atoms with van der Waals surface area (Å²) in [5.74, 6) is -0.353. The van der Waals surface area contributed by atoms with E-state index in [2.05, 4.69) is 20.0 Å². The maximum atomic E-state index is 12.5. The second-order valence-electron chi connectivity index (χ2n) is 8.35. The highest BCUT2D eigenvalue weighted by Gasteiger charge is 2.31. The third kappa shape index (κ3) is 6.32. The molecule has 0 fully saturated rings. The number of nitrogens with one attached hydrogen (secondary N) is 1. The zero-order valence-corrected chi connectivity index (χ0v) is 18.5. The molecule has 176 valence electrons. The molecule has 0 aliphatic rings. The van der Waals surface area contributed by atoms with Crippen LogP contribution >= 0.6 is 0 Å². The maximum absolute atomic E-state index is 12.5. The number of rotatable bonds is 5. The fourth-order valence-corrected chi connectivity index (χ4v) is 3.35. The van der Waals surface area contributed by atoms with Crippen molar-refractivity contribution in [2.75, 3.05) is 0 Å². The zero-order valence-electron chi connectivity index (χ0n) is 18.5. The van der Waals surface area contributed by atoms with Crippen LogP contribution in [0.5, 0.6) is 5.75 Å². The molecule has 0 spiro atoms. The molecule has 1 unspecified atom stereocenters. The van der Waals surface area contributed by atoms with Gasteiger partial charge in [0.05, 0.1) is 17.1 Å². The van der Waals surface area contributed by atoms with E-state index in [4.69, 9.17) is 4.74 Å². The van der Waals surface area contributed by atoms with E-state index in [1.807, 2.05) is 0 Å². The van der Waals surface area contributed by atoms with Crippen molar-refractivity contribution in [2.24, 2.45) is 0 Å². The van der Waals surface area contributed by atoms with Crippen LogP contribution in [-0.4, -0.2) is 33.1 Å². The first-order valence-electron chi connectivity index (χ1n) is 10.1. The fourth-order valence-electron chi connectivity index (χ4n) is 3.35. The first-order valence-corrected chi connectivity index (χ1v) is 10.1. The molecular weight excluding hydrogens is 439 g/mol. The summed E-state index contributed by atoms with van der Waals surface area (Å²) in [7, 11) is 0. The Bertz CT molecular complexity index is 1140. The summed E-state index contributed by atoms with van der Waals surface area (Å²) in [6.45, 7) is 6.82. The number of fused-ring (bicyclic) bond motifs is 1. The number of aliphatic hydroxyl groups is 1. The average Bonchev–Trinajstić information content (AvgIpc) is 2.69. The summed E-state index contributed by atoms with van der Waals surface area (Å²) in [6.07, 6.45) is -3.38. The Morgan fingerprint density at radius 2 is 1.70 bits per heavy atom. The molecule has 0 aliphatic heterocycles. The van der Waals surface area contributed by atoms with Crippen LogP contribution in [0.25, 0.3) is 22.2 Å². The van der Waals surface area contributed by atoms with Gasteiger partial charge < -0.3 is 19.9 Å². The highest BCUT2D eigenvalue weighted by molar-refractivity contribution is 5.94. The van der Waals surface area contributed by atoms with Crippen LogP contribution in [0.2, 0.25) is 0 Å². The molecule has 2 aromatic carbocycles. The molecule has 1 amide bonds. The Hall–Kier alpha value is -3.40. The van der Waals surface area contributed by atoms with Crippen molar-refractivity contribution in [2.45, 2.75) is 52.3 Å². The van der Waals surface area contributed by atoms with Gasteiger partial charge in [0, 0.05) is 30.1 Å². The normalized spacial score (nSPS) is 13.0. The number of aromatic nitrogens is 2. The molecule has 3 aromatic rings. The van der Waals surface area contributed by atoms with Crippen LogP contribution in [0.3, 0.4) is 0 Å². The lowest BCUT2D eigenvalue weighted by Gasteiger charge is -2.21. The third-order valence-corrected chi connectivity index (χ3v) is 4.51. The molecule has 0 saturated carbocycles. The number of hydrogen-bond acceptors (Lipinski definition) is 6. The molecule has 1 aromatic heterocycles. The van der Waals surface area contributed by atoms with Gasteiger partial charge in [-0.15, -0.1) is 13.2 Å². The SMILES string of the molecule is CC(O)c1c(CNC(=O)OC(C)(C)C)cc(-c2ccc(OC(F)(F)F)cc2)c2nccnc12. The Labute approximate surface area is 188 Å². The van der Waals surface area contributed by atoms with Crippen molar-refractivity contribution in [1.82, 2.24) is 15.3 Å². The molecule has 0 saturated heterocycles. The van der Waals surface area contributed by atoms with Gasteiger partial charge in [-0.3, -0.25) is 9.97 Å². The van der Waals surface area contributed by atoms with Gasteiger partial charge in [0.25, 0.3) is 0 Å². The summed E-state index contributed by atoms with van der Waals surface area (Å²) in [5, 5.41) is 13.1. The van der Waals surface area contributed by atoms with Gasteiger partial charge in [0.2, 0.25) is 0 Å². The van der Waals surface area contributed by atoms with Gasteiger partial charge in [0.1, 0.15) is 11.4 Å². The first kappa shape index (κ1) is 24.2. The monoisotopic (exact) mass is 463 g/mol. The summed E-state index contributed by atoms with van der Waals surface area (Å²) >= 11 is 0. The summed E-state index contributed by atoms with van der Waals surface area (Å²) < 4.78 is 46.7. The number of amides is 1. The maximum Gasteiger partial charge on any atom is 0.573 e. The Kier molecular flexibility index (Phi) is 6.78. The van der Waals surface area contributed by atoms with Gasteiger partial charge in [-0.25, -0.2) is 4.79 Å². The number of alkyl halides is 3. The predicted octanol–water partition coefficient (Wildman–Crippen LogP) is 5.27. The molecule has 1 heterocycles. The van der Waals surface area contributed by atoms with Crippen molar-refractivity contribution >= 4 is 17.1 Å². The van der Waals surface area contributed by atoms with E-state index in [1.54, 1.807) is 33.8 Å². The molecule has 7 nitrogen and oxygen atoms in total. The smallest absolute Gasteiger partial charge is 0.444 e. The van der Waals surface area contributed by atoms with Gasteiger partial charge >= 0.3 is 12.5 Å². The number of benzene rings is 2. The van der Waals surface area contributed by atoms with Crippen LogP contribution in [-0.2, 0) is 11.3 Å². The lowest BCUT2D eigenvalue weighted by molar-refractivity contribution is -0.274. The number of nitrogens with zero attached hydrogens (tertiary/aromatic N) is 2. The molecule has 0 bridgehead atoms. The number of halogens is 3. The number of hydrogen-bond donors (Lipinski definition) is 2. The topological polar surface area (TPSA) is 93.6 Å². The largest absolute Gasteiger partial charge is 0.573 e. The number of carbonyl (C=O) groups is 1. The Morgan fingerprint density at radius 1 is 1.09 bits per heavy atom. The number of carbonyl (C=O) groups excluding carboxylic acids is 1. The van der Waals surface area contributed by atoms with Crippen molar-refractivity contribution in [3.05, 3.63) is 53.9 Å². The lowest BCUT2D eigenvalue weighted by Crippen LogP contribution is -2.32. The minimum atomic E-state index is -4.79. The van der Waals surface area contributed by atoms with Crippen LogP contribution in [0.15, 0.2) is 42.7 Å². The Morgan fingerprint density at radius 3 is 2.24 bits per heavy atom. The van der Waals surface area contributed by atoms with Gasteiger partial charge in [-0.05, 0) is 57.0 Å². The molecule has 33 heavy (non-hydrogen) atoms. The summed E-state index contributed by atoms with van der Waals surface area (Å²) in [6, 6.07) is 7.06. The van der Waals surface area contributed by atoms with Crippen LogP contribution in [0, 0.1) is 0 Å². The molecule has 2 N–H and O–H groups in total. The molecule has 10 heteroatoms. The molecule has 0 radical (unpaired) electrons. The van der Waals surface area contributed by atoms with Gasteiger partial charge in [-0.2, -0.15) is 0 Å². The van der Waals surface area contributed by atoms with Crippen LogP contribution < -0.4 is 10.1 Å². The third-order valence-electron chi connectivity index (χ3n) is 4.51. The number of ether oxygens (including phenoxy) is 2. The van der Waals surface area contributed by atoms with Gasteiger partial charge in [0.15, 0.2) is 0 Å². The van der Waals surface area contributed by atoms with Crippen molar-refractivity contribution in [3.63, 3.8) is 0 Å². The minimum Gasteiger partial charge on any atom is -0.444 e. The van der Waals surface area contributed by atoms with Crippen LogP contribution in [0.1, 0.15) is 44.9 Å². The van der Waals surface area contributed by atoms with E-state index in [0.29, 0.717) is 33.3 Å².